The van der Waals surface area contributed by atoms with Crippen molar-refractivity contribution in [2.24, 2.45) is 11.7 Å². The van der Waals surface area contributed by atoms with Crippen molar-refractivity contribution in [3.63, 3.8) is 0 Å². The van der Waals surface area contributed by atoms with E-state index in [1.54, 1.807) is 0 Å². The number of rotatable bonds is 2. The third-order valence-electron chi connectivity index (χ3n) is 4.66. The first-order chi connectivity index (χ1) is 10.0. The predicted molar refractivity (Wildman–Crippen MR) is 88.2 cm³/mol. The first-order valence-electron chi connectivity index (χ1n) is 7.64. The highest BCUT2D eigenvalue weighted by atomic mass is 79.9. The lowest BCUT2D eigenvalue weighted by atomic mass is 9.85. The fourth-order valence-electron chi connectivity index (χ4n) is 3.43. The Hall–Kier alpha value is -1.07. The third-order valence-corrected chi connectivity index (χ3v) is 5.35. The Morgan fingerprint density at radius 1 is 1.43 bits per heavy atom. The van der Waals surface area contributed by atoms with E-state index in [0.29, 0.717) is 18.4 Å². The lowest BCUT2D eigenvalue weighted by Crippen LogP contribution is -2.54. The van der Waals surface area contributed by atoms with Crippen molar-refractivity contribution in [3.8, 4) is 0 Å². The highest BCUT2D eigenvalue weighted by Gasteiger charge is 2.33. The second-order valence-electron chi connectivity index (χ2n) is 6.20. The average Bonchev–Trinajstić information content (AvgIpc) is 2.46. The monoisotopic (exact) mass is 351 g/mol. The quantitative estimate of drug-likeness (QED) is 0.860. The van der Waals surface area contributed by atoms with Crippen molar-refractivity contribution in [1.82, 2.24) is 5.32 Å². The number of anilines is 1. The van der Waals surface area contributed by atoms with Crippen molar-refractivity contribution in [2.45, 2.75) is 38.3 Å². The van der Waals surface area contributed by atoms with E-state index in [1.165, 1.54) is 5.69 Å². The molecule has 0 spiro atoms. The molecular formula is C16H22BrN3O. The average molecular weight is 352 g/mol. The Bertz CT molecular complexity index is 546. The van der Waals surface area contributed by atoms with Crippen LogP contribution in [-0.2, 0) is 4.79 Å². The smallest absolute Gasteiger partial charge is 0.220 e. The van der Waals surface area contributed by atoms with E-state index in [-0.39, 0.29) is 11.9 Å². The summed E-state index contributed by atoms with van der Waals surface area (Å²) in [6, 6.07) is 6.84. The number of fused-ring (bicyclic) bond motifs is 1. The molecule has 3 rings (SSSR count). The van der Waals surface area contributed by atoms with E-state index in [9.17, 15) is 4.79 Å². The second-order valence-corrected chi connectivity index (χ2v) is 7.06. The number of hydrogen-bond donors (Lipinski definition) is 2. The minimum Gasteiger partial charge on any atom is -0.371 e. The Labute approximate surface area is 134 Å². The van der Waals surface area contributed by atoms with Crippen LogP contribution in [0.1, 0.15) is 37.8 Å². The summed E-state index contributed by atoms with van der Waals surface area (Å²) < 4.78 is 1.08. The maximum absolute atomic E-state index is 11.5. The van der Waals surface area contributed by atoms with Crippen LogP contribution >= 0.6 is 15.9 Å². The van der Waals surface area contributed by atoms with Crippen LogP contribution in [0.3, 0.4) is 0 Å². The minimum atomic E-state index is 0.0349. The molecule has 21 heavy (non-hydrogen) atoms. The Balaban J connectivity index is 1.73. The van der Waals surface area contributed by atoms with E-state index in [0.717, 1.165) is 36.0 Å². The minimum absolute atomic E-state index is 0.0349. The molecule has 2 aliphatic heterocycles. The number of carbonyl (C=O) groups excluding carboxylic acids is 1. The molecular weight excluding hydrogens is 330 g/mol. The van der Waals surface area contributed by atoms with Gasteiger partial charge in [0.15, 0.2) is 0 Å². The number of carbonyl (C=O) groups is 1. The SMILES string of the molecule is C[C@H](N)c1ccc(N2CCC3NC(=O)CCC3C2)cc1Br. The van der Waals surface area contributed by atoms with Crippen molar-refractivity contribution in [1.29, 1.82) is 0 Å². The molecule has 2 heterocycles. The largest absolute Gasteiger partial charge is 0.371 e. The van der Waals surface area contributed by atoms with Gasteiger partial charge in [0.05, 0.1) is 0 Å². The summed E-state index contributed by atoms with van der Waals surface area (Å²) in [6.45, 7) is 4.01. The Morgan fingerprint density at radius 3 is 2.95 bits per heavy atom. The summed E-state index contributed by atoms with van der Waals surface area (Å²) in [5.74, 6) is 0.789. The van der Waals surface area contributed by atoms with Gasteiger partial charge in [0.1, 0.15) is 0 Å². The summed E-state index contributed by atoms with van der Waals surface area (Å²) in [5, 5.41) is 3.13. The first kappa shape index (κ1) is 14.9. The topological polar surface area (TPSA) is 58.4 Å². The maximum Gasteiger partial charge on any atom is 0.220 e. The van der Waals surface area contributed by atoms with Gasteiger partial charge in [0, 0.05) is 41.8 Å². The summed E-state index contributed by atoms with van der Waals surface area (Å²) in [5.41, 5.74) is 8.33. The van der Waals surface area contributed by atoms with E-state index in [4.69, 9.17) is 5.73 Å². The van der Waals surface area contributed by atoms with E-state index >= 15 is 0 Å². The standard InChI is InChI=1S/C16H22BrN3O/c1-10(18)13-4-3-12(8-14(13)17)20-7-6-15-11(9-20)2-5-16(21)19-15/h3-4,8,10-11,15H,2,5-7,9,18H2,1H3,(H,19,21)/t10-,11?,15?/m0/s1. The van der Waals surface area contributed by atoms with Crippen LogP contribution in [-0.4, -0.2) is 25.0 Å². The van der Waals surface area contributed by atoms with Crippen molar-refractivity contribution in [2.75, 3.05) is 18.0 Å². The number of nitrogens with two attached hydrogens (primary N) is 1. The first-order valence-corrected chi connectivity index (χ1v) is 8.43. The maximum atomic E-state index is 11.5. The van der Waals surface area contributed by atoms with Crippen molar-refractivity contribution in [3.05, 3.63) is 28.2 Å². The molecule has 2 unspecified atom stereocenters. The fraction of sp³-hybridized carbons (Fsp3) is 0.562. The Morgan fingerprint density at radius 2 is 2.24 bits per heavy atom. The lowest BCUT2D eigenvalue weighted by molar-refractivity contribution is -0.124. The zero-order valence-electron chi connectivity index (χ0n) is 12.3. The van der Waals surface area contributed by atoms with Crippen LogP contribution in [0, 0.1) is 5.92 Å². The summed E-state index contributed by atoms with van der Waals surface area (Å²) in [6.07, 6.45) is 2.71. The molecule has 1 aromatic rings. The van der Waals surface area contributed by atoms with Gasteiger partial charge in [-0.15, -0.1) is 0 Å². The molecule has 0 aromatic heterocycles. The van der Waals surface area contributed by atoms with Gasteiger partial charge in [-0.25, -0.2) is 0 Å². The molecule has 0 bridgehead atoms. The molecule has 114 valence electrons. The highest BCUT2D eigenvalue weighted by Crippen LogP contribution is 2.32. The van der Waals surface area contributed by atoms with E-state index in [1.807, 2.05) is 6.92 Å². The third kappa shape index (κ3) is 3.09. The van der Waals surface area contributed by atoms with Gasteiger partial charge < -0.3 is 16.0 Å². The van der Waals surface area contributed by atoms with E-state index in [2.05, 4.69) is 44.3 Å². The van der Waals surface area contributed by atoms with Crippen LogP contribution in [0.2, 0.25) is 0 Å². The second kappa shape index (κ2) is 5.97. The number of nitrogens with one attached hydrogen (secondary N) is 1. The van der Waals surface area contributed by atoms with Gasteiger partial charge in [0.25, 0.3) is 0 Å². The molecule has 0 radical (unpaired) electrons. The number of nitrogens with zero attached hydrogens (tertiary/aromatic N) is 1. The molecule has 3 atom stereocenters. The predicted octanol–water partition coefficient (Wildman–Crippen LogP) is 2.57. The van der Waals surface area contributed by atoms with Gasteiger partial charge in [-0.2, -0.15) is 0 Å². The van der Waals surface area contributed by atoms with Crippen molar-refractivity contribution >= 4 is 27.5 Å². The number of hydrogen-bond acceptors (Lipinski definition) is 3. The number of halogens is 1. The number of piperidine rings is 2. The summed E-state index contributed by atoms with van der Waals surface area (Å²) in [7, 11) is 0. The van der Waals surface area contributed by atoms with Crippen LogP contribution < -0.4 is 16.0 Å². The summed E-state index contributed by atoms with van der Waals surface area (Å²) >= 11 is 3.63. The van der Waals surface area contributed by atoms with Gasteiger partial charge in [-0.1, -0.05) is 22.0 Å². The van der Waals surface area contributed by atoms with Gasteiger partial charge in [0.2, 0.25) is 5.91 Å². The molecule has 1 amide bonds. The normalized spacial score (nSPS) is 27.0. The molecule has 4 nitrogen and oxygen atoms in total. The molecule has 0 saturated carbocycles. The lowest BCUT2D eigenvalue weighted by Gasteiger charge is -2.42. The Kier molecular flexibility index (Phi) is 4.22. The van der Waals surface area contributed by atoms with Crippen LogP contribution in [0.4, 0.5) is 5.69 Å². The molecule has 5 heteroatoms. The zero-order valence-corrected chi connectivity index (χ0v) is 13.9. The number of amides is 1. The number of benzene rings is 1. The van der Waals surface area contributed by atoms with Crippen LogP contribution in [0.15, 0.2) is 22.7 Å². The van der Waals surface area contributed by atoms with Crippen LogP contribution in [0.5, 0.6) is 0 Å². The molecule has 2 fully saturated rings. The highest BCUT2D eigenvalue weighted by molar-refractivity contribution is 9.10. The molecule has 0 aliphatic carbocycles. The molecule has 2 saturated heterocycles. The van der Waals surface area contributed by atoms with Crippen LogP contribution in [0.25, 0.3) is 0 Å². The summed E-state index contributed by atoms with van der Waals surface area (Å²) in [4.78, 5) is 13.9. The zero-order chi connectivity index (χ0) is 15.0. The van der Waals surface area contributed by atoms with E-state index < -0.39 is 0 Å². The van der Waals surface area contributed by atoms with Gasteiger partial charge in [-0.05, 0) is 43.4 Å². The van der Waals surface area contributed by atoms with Crippen molar-refractivity contribution < 1.29 is 4.79 Å². The van der Waals surface area contributed by atoms with Gasteiger partial charge in [-0.3, -0.25) is 4.79 Å². The fourth-order valence-corrected chi connectivity index (χ4v) is 4.15. The molecule has 1 aromatic carbocycles. The molecule has 2 aliphatic rings. The van der Waals surface area contributed by atoms with Gasteiger partial charge >= 0.3 is 0 Å². The molecule has 3 N–H and O–H groups in total.